The third-order valence-electron chi connectivity index (χ3n) is 8.86. The number of likely N-dealkylation sites (tertiary alicyclic amines) is 2. The molecule has 2 amide bonds. The average molecular weight is 548 g/mol. The number of alkyl halides is 3. The van der Waals surface area contributed by atoms with Gasteiger partial charge in [0.15, 0.2) is 0 Å². The lowest BCUT2D eigenvalue weighted by molar-refractivity contribution is -0.256. The Balaban J connectivity index is 1.06. The quantitative estimate of drug-likeness (QED) is 0.532. The highest BCUT2D eigenvalue weighted by Gasteiger charge is 2.58. The molecule has 4 aliphatic rings. The van der Waals surface area contributed by atoms with Crippen LogP contribution in [-0.2, 0) is 9.59 Å². The van der Waals surface area contributed by atoms with Crippen molar-refractivity contribution in [3.8, 4) is 6.01 Å². The molecule has 0 spiro atoms. The molecule has 0 radical (unpaired) electrons. The van der Waals surface area contributed by atoms with Gasteiger partial charge in [0, 0.05) is 37.0 Å². The van der Waals surface area contributed by atoms with Crippen LogP contribution >= 0.6 is 0 Å². The van der Waals surface area contributed by atoms with Crippen molar-refractivity contribution in [1.82, 2.24) is 19.8 Å². The molecule has 11 heteroatoms. The van der Waals surface area contributed by atoms with Gasteiger partial charge in [0.1, 0.15) is 6.04 Å². The van der Waals surface area contributed by atoms with E-state index in [0.29, 0.717) is 51.1 Å². The molecule has 8 nitrogen and oxygen atoms in total. The lowest BCUT2D eigenvalue weighted by atomic mass is 9.67. The summed E-state index contributed by atoms with van der Waals surface area (Å²) in [6.07, 6.45) is 9.66. The highest BCUT2D eigenvalue weighted by Crippen LogP contribution is 2.53. The van der Waals surface area contributed by atoms with Crippen molar-refractivity contribution >= 4 is 11.8 Å². The molecular formula is C28H36F3N5O3. The predicted octanol–water partition coefficient (Wildman–Crippen LogP) is 3.75. The second-order valence-electron chi connectivity index (χ2n) is 11.4. The number of carbonyl (C=O) groups excluding carboxylic acids is 2. The van der Waals surface area contributed by atoms with Crippen LogP contribution in [-0.4, -0.2) is 76.6 Å². The number of rotatable bonds is 8. The number of piperidine rings is 1. The number of primary amides is 1. The molecule has 1 unspecified atom stereocenters. The van der Waals surface area contributed by atoms with Gasteiger partial charge in [-0.1, -0.05) is 24.6 Å². The van der Waals surface area contributed by atoms with Crippen LogP contribution in [0.1, 0.15) is 62.8 Å². The first-order valence-electron chi connectivity index (χ1n) is 13.9. The first-order chi connectivity index (χ1) is 18.6. The van der Waals surface area contributed by atoms with Crippen LogP contribution in [0.25, 0.3) is 0 Å². The van der Waals surface area contributed by atoms with Gasteiger partial charge in [0.05, 0.1) is 12.0 Å². The molecule has 3 fully saturated rings. The van der Waals surface area contributed by atoms with Crippen molar-refractivity contribution in [2.24, 2.45) is 17.1 Å². The van der Waals surface area contributed by atoms with Crippen LogP contribution in [0.15, 0.2) is 36.2 Å². The van der Waals surface area contributed by atoms with Gasteiger partial charge >= 0.3 is 12.2 Å². The molecule has 5 rings (SSSR count). The van der Waals surface area contributed by atoms with Crippen LogP contribution in [0, 0.1) is 11.3 Å². The highest BCUT2D eigenvalue weighted by molar-refractivity contribution is 5.99. The van der Waals surface area contributed by atoms with Gasteiger partial charge in [-0.25, -0.2) is 9.97 Å². The summed E-state index contributed by atoms with van der Waals surface area (Å²) in [6, 6.07) is -0.253. The topological polar surface area (TPSA) is 102 Å². The molecule has 39 heavy (non-hydrogen) atoms. The van der Waals surface area contributed by atoms with Gasteiger partial charge in [0.2, 0.25) is 5.91 Å². The largest absolute Gasteiger partial charge is 0.463 e. The summed E-state index contributed by atoms with van der Waals surface area (Å²) in [5.41, 5.74) is 5.40. The number of carbonyl (C=O) groups is 2. The van der Waals surface area contributed by atoms with Gasteiger partial charge in [-0.05, 0) is 69.5 Å². The number of halogens is 3. The van der Waals surface area contributed by atoms with Gasteiger partial charge in [-0.3, -0.25) is 9.59 Å². The fourth-order valence-corrected chi connectivity index (χ4v) is 6.16. The van der Waals surface area contributed by atoms with Crippen molar-refractivity contribution < 1.29 is 27.5 Å². The maximum Gasteiger partial charge on any atom is 0.395 e. The molecule has 2 N–H and O–H groups in total. The van der Waals surface area contributed by atoms with Gasteiger partial charge in [-0.15, -0.1) is 0 Å². The van der Waals surface area contributed by atoms with E-state index in [9.17, 15) is 22.8 Å². The molecule has 0 bridgehead atoms. The molecule has 2 saturated heterocycles. The number of nitrogens with zero attached hydrogens (tertiary/aromatic N) is 4. The summed E-state index contributed by atoms with van der Waals surface area (Å²) in [4.78, 5) is 36.7. The van der Waals surface area contributed by atoms with Crippen molar-refractivity contribution in [3.63, 3.8) is 0 Å². The smallest absolute Gasteiger partial charge is 0.395 e. The zero-order chi connectivity index (χ0) is 27.6. The lowest BCUT2D eigenvalue weighted by Crippen LogP contribution is -2.53. The van der Waals surface area contributed by atoms with E-state index in [1.807, 2.05) is 17.1 Å². The molecule has 3 heterocycles. The predicted molar refractivity (Wildman–Crippen MR) is 138 cm³/mol. The third-order valence-corrected chi connectivity index (χ3v) is 8.86. The minimum atomic E-state index is -4.12. The summed E-state index contributed by atoms with van der Waals surface area (Å²) in [5, 5.41) is 0. The Bertz CT molecular complexity index is 1110. The first kappa shape index (κ1) is 27.6. The molecular weight excluding hydrogens is 511 g/mol. The Labute approximate surface area is 226 Å². The van der Waals surface area contributed by atoms with Crippen LogP contribution in [0.5, 0.6) is 6.01 Å². The van der Waals surface area contributed by atoms with Gasteiger partial charge in [0.25, 0.3) is 5.91 Å². The number of allylic oxidation sites excluding steroid dienone is 2. The SMILES string of the molecule is NC(=O)[C@@H]1CCCN1C(=O)C1=CCC(c2cnc(OCC3CCN(CC4(C(F)(F)F)CCC4)CC3)nc2)C=C1. The van der Waals surface area contributed by atoms with E-state index in [0.717, 1.165) is 24.8 Å². The lowest BCUT2D eigenvalue weighted by Gasteiger charge is -2.47. The van der Waals surface area contributed by atoms with Gasteiger partial charge < -0.3 is 20.3 Å². The Kier molecular flexibility index (Phi) is 7.98. The zero-order valence-electron chi connectivity index (χ0n) is 22.0. The van der Waals surface area contributed by atoms with E-state index in [1.165, 1.54) is 0 Å². The maximum absolute atomic E-state index is 13.5. The minimum absolute atomic E-state index is 0.0288. The monoisotopic (exact) mass is 547 g/mol. The maximum atomic E-state index is 13.5. The van der Waals surface area contributed by atoms with Crippen molar-refractivity contribution in [1.29, 1.82) is 0 Å². The number of hydrogen-bond acceptors (Lipinski definition) is 6. The molecule has 1 aromatic rings. The average Bonchev–Trinajstić information content (AvgIpc) is 3.40. The first-order valence-corrected chi connectivity index (χ1v) is 13.9. The van der Waals surface area contributed by atoms with E-state index < -0.39 is 23.5 Å². The molecule has 0 aromatic carbocycles. The summed E-state index contributed by atoms with van der Waals surface area (Å²) in [5.74, 6) is -0.340. The van der Waals surface area contributed by atoms with Crippen LogP contribution < -0.4 is 10.5 Å². The summed E-state index contributed by atoms with van der Waals surface area (Å²) >= 11 is 0. The molecule has 1 aromatic heterocycles. The fourth-order valence-electron chi connectivity index (χ4n) is 6.16. The van der Waals surface area contributed by atoms with Crippen LogP contribution in [0.2, 0.25) is 0 Å². The van der Waals surface area contributed by atoms with E-state index in [2.05, 4.69) is 9.97 Å². The highest BCUT2D eigenvalue weighted by atomic mass is 19.4. The van der Waals surface area contributed by atoms with E-state index >= 15 is 0 Å². The number of nitrogens with two attached hydrogens (primary N) is 1. The normalized spacial score (nSPS) is 25.7. The summed E-state index contributed by atoms with van der Waals surface area (Å²) in [7, 11) is 0. The third kappa shape index (κ3) is 5.97. The van der Waals surface area contributed by atoms with Crippen molar-refractivity contribution in [2.45, 2.75) is 69.5 Å². The Hall–Kier alpha value is -2.95. The Morgan fingerprint density at radius 1 is 1.08 bits per heavy atom. The minimum Gasteiger partial charge on any atom is -0.463 e. The summed E-state index contributed by atoms with van der Waals surface area (Å²) in [6.45, 7) is 2.39. The second-order valence-corrected chi connectivity index (χ2v) is 11.4. The molecule has 2 aliphatic carbocycles. The molecule has 212 valence electrons. The number of ether oxygens (including phenoxy) is 1. The van der Waals surface area contributed by atoms with E-state index in [1.54, 1.807) is 23.4 Å². The summed E-state index contributed by atoms with van der Waals surface area (Å²) < 4.78 is 46.3. The van der Waals surface area contributed by atoms with Crippen molar-refractivity contribution in [3.05, 3.63) is 41.8 Å². The second kappa shape index (κ2) is 11.3. The number of aromatic nitrogens is 2. The van der Waals surface area contributed by atoms with Gasteiger partial charge in [-0.2, -0.15) is 13.2 Å². The van der Waals surface area contributed by atoms with E-state index in [4.69, 9.17) is 10.5 Å². The van der Waals surface area contributed by atoms with Crippen molar-refractivity contribution in [2.75, 3.05) is 32.8 Å². The van der Waals surface area contributed by atoms with Crippen LogP contribution in [0.3, 0.4) is 0 Å². The van der Waals surface area contributed by atoms with E-state index in [-0.39, 0.29) is 43.1 Å². The molecule has 2 atom stereocenters. The fraction of sp³-hybridized carbons (Fsp3) is 0.643. The number of amides is 2. The standard InChI is InChI=1S/C28H36F3N5O3/c29-28(30,31)27(10-2-11-27)18-35-13-8-19(9-14-35)17-39-26-33-15-22(16-34-26)20-4-6-21(7-5-20)25(38)36-12-1-3-23(36)24(32)37/h4,6-7,15-16,19-20,23H,1-3,5,8-14,17-18H2,(H2,32,37)/t20?,23-/m0/s1. The molecule has 2 aliphatic heterocycles. The number of hydrogen-bond donors (Lipinski definition) is 1. The van der Waals surface area contributed by atoms with Crippen LogP contribution in [0.4, 0.5) is 13.2 Å². The Morgan fingerprint density at radius 3 is 2.36 bits per heavy atom. The Morgan fingerprint density at radius 2 is 1.79 bits per heavy atom. The zero-order valence-corrected chi connectivity index (χ0v) is 22.0. The molecule has 1 saturated carbocycles.